The molecule has 0 saturated carbocycles. The molecule has 3 aromatic rings. The Morgan fingerprint density at radius 1 is 1.07 bits per heavy atom. The topological polar surface area (TPSA) is 41.9 Å². The van der Waals surface area contributed by atoms with Crippen LogP contribution in [0.1, 0.15) is 42.3 Å². The van der Waals surface area contributed by atoms with E-state index in [1.54, 1.807) is 16.8 Å². The Bertz CT molecular complexity index is 979. The first kappa shape index (κ1) is 21.0. The third kappa shape index (κ3) is 5.41. The Morgan fingerprint density at radius 2 is 1.79 bits per heavy atom. The molecule has 0 unspecified atom stereocenters. The minimum absolute atomic E-state index is 0.228. The summed E-state index contributed by atoms with van der Waals surface area (Å²) >= 11 is 5.48. The second kappa shape index (κ2) is 9.65. The van der Waals surface area contributed by atoms with Crippen LogP contribution in [0.3, 0.4) is 0 Å². The van der Waals surface area contributed by atoms with Crippen LogP contribution in [0.2, 0.25) is 0 Å². The van der Waals surface area contributed by atoms with Crippen molar-refractivity contribution >= 4 is 28.7 Å². The number of hydrogen-bond acceptors (Lipinski definition) is 2. The smallest absolute Gasteiger partial charge is 0.175 e. The van der Waals surface area contributed by atoms with E-state index < -0.39 is 0 Å². The Balaban J connectivity index is 1.66. The normalized spacial score (nSPS) is 10.8. The van der Waals surface area contributed by atoms with Crippen molar-refractivity contribution in [2.45, 2.75) is 46.6 Å². The Kier molecular flexibility index (Phi) is 6.99. The largest absolute Gasteiger partial charge is 0.332 e. The molecule has 1 heterocycles. The molecule has 6 heteroatoms. The SMILES string of the molecule is CCCCc1ccc(NC(=S)Nc2c(C)nn(Cc3ccccc3F)c2C)cc1. The van der Waals surface area contributed by atoms with E-state index in [2.05, 4.69) is 34.8 Å². The highest BCUT2D eigenvalue weighted by atomic mass is 32.1. The minimum atomic E-state index is -0.228. The lowest BCUT2D eigenvalue weighted by molar-refractivity contribution is 0.579. The van der Waals surface area contributed by atoms with Crippen LogP contribution in [0.15, 0.2) is 48.5 Å². The summed E-state index contributed by atoms with van der Waals surface area (Å²) in [6.45, 7) is 6.44. The molecule has 29 heavy (non-hydrogen) atoms. The molecule has 1 aromatic heterocycles. The number of unbranched alkanes of at least 4 members (excludes halogenated alkanes) is 1. The maximum absolute atomic E-state index is 14.0. The highest BCUT2D eigenvalue weighted by Gasteiger charge is 2.14. The van der Waals surface area contributed by atoms with E-state index in [-0.39, 0.29) is 5.82 Å². The van der Waals surface area contributed by atoms with Crippen molar-refractivity contribution in [3.8, 4) is 0 Å². The summed E-state index contributed by atoms with van der Waals surface area (Å²) in [6.07, 6.45) is 3.48. The predicted molar refractivity (Wildman–Crippen MR) is 122 cm³/mol. The molecular formula is C23H27FN4S. The summed E-state index contributed by atoms with van der Waals surface area (Å²) in [5.41, 5.74) is 5.45. The van der Waals surface area contributed by atoms with E-state index in [9.17, 15) is 4.39 Å². The van der Waals surface area contributed by atoms with Crippen molar-refractivity contribution in [1.29, 1.82) is 0 Å². The van der Waals surface area contributed by atoms with Gasteiger partial charge < -0.3 is 10.6 Å². The molecule has 0 fully saturated rings. The molecule has 0 atom stereocenters. The van der Waals surface area contributed by atoms with Crippen molar-refractivity contribution in [3.05, 3.63) is 76.9 Å². The van der Waals surface area contributed by atoms with Crippen LogP contribution in [0.5, 0.6) is 0 Å². The number of aryl methyl sites for hydroxylation is 2. The van der Waals surface area contributed by atoms with Gasteiger partial charge in [-0.2, -0.15) is 5.10 Å². The standard InChI is InChI=1S/C23H27FN4S/c1-4-5-8-18-11-13-20(14-12-18)25-23(29)26-22-16(2)27-28(17(22)3)15-19-9-6-7-10-21(19)24/h6-7,9-14H,4-5,8,15H2,1-3H3,(H2,25,26,29). The fourth-order valence-electron chi connectivity index (χ4n) is 3.23. The minimum Gasteiger partial charge on any atom is -0.332 e. The van der Waals surface area contributed by atoms with Gasteiger partial charge in [0, 0.05) is 11.3 Å². The monoisotopic (exact) mass is 410 g/mol. The summed E-state index contributed by atoms with van der Waals surface area (Å²) in [4.78, 5) is 0. The summed E-state index contributed by atoms with van der Waals surface area (Å²) in [6, 6.07) is 15.1. The quantitative estimate of drug-likeness (QED) is 0.480. The third-order valence-electron chi connectivity index (χ3n) is 4.93. The van der Waals surface area contributed by atoms with Crippen LogP contribution in [-0.4, -0.2) is 14.9 Å². The van der Waals surface area contributed by atoms with Crippen molar-refractivity contribution in [3.63, 3.8) is 0 Å². The molecule has 0 aliphatic carbocycles. The number of anilines is 2. The lowest BCUT2D eigenvalue weighted by Gasteiger charge is -2.12. The van der Waals surface area contributed by atoms with Crippen LogP contribution in [0.25, 0.3) is 0 Å². The number of benzene rings is 2. The molecule has 2 N–H and O–H groups in total. The maximum Gasteiger partial charge on any atom is 0.175 e. The number of nitrogens with zero attached hydrogens (tertiary/aromatic N) is 2. The van der Waals surface area contributed by atoms with Crippen LogP contribution in [-0.2, 0) is 13.0 Å². The van der Waals surface area contributed by atoms with Crippen LogP contribution in [0.4, 0.5) is 15.8 Å². The molecule has 0 spiro atoms. The first-order valence-electron chi connectivity index (χ1n) is 9.92. The number of rotatable bonds is 7. The highest BCUT2D eigenvalue weighted by Crippen LogP contribution is 2.22. The van der Waals surface area contributed by atoms with E-state index in [4.69, 9.17) is 12.2 Å². The maximum atomic E-state index is 14.0. The van der Waals surface area contributed by atoms with Gasteiger partial charge in [0.05, 0.1) is 23.6 Å². The molecule has 0 radical (unpaired) electrons. The lowest BCUT2D eigenvalue weighted by atomic mass is 10.1. The van der Waals surface area contributed by atoms with Gasteiger partial charge in [0.25, 0.3) is 0 Å². The van der Waals surface area contributed by atoms with Gasteiger partial charge in [-0.1, -0.05) is 43.7 Å². The fourth-order valence-corrected chi connectivity index (χ4v) is 3.45. The average Bonchev–Trinajstić information content (AvgIpc) is 2.96. The molecule has 4 nitrogen and oxygen atoms in total. The molecule has 3 rings (SSSR count). The highest BCUT2D eigenvalue weighted by molar-refractivity contribution is 7.80. The van der Waals surface area contributed by atoms with Crippen molar-refractivity contribution in [2.75, 3.05) is 10.6 Å². The number of hydrogen-bond donors (Lipinski definition) is 2. The first-order valence-corrected chi connectivity index (χ1v) is 10.3. The summed E-state index contributed by atoms with van der Waals surface area (Å²) < 4.78 is 15.8. The lowest BCUT2D eigenvalue weighted by Crippen LogP contribution is -2.20. The van der Waals surface area contributed by atoms with Crippen LogP contribution >= 0.6 is 12.2 Å². The molecule has 0 aliphatic rings. The zero-order valence-corrected chi connectivity index (χ0v) is 17.9. The number of nitrogens with one attached hydrogen (secondary N) is 2. The van der Waals surface area contributed by atoms with Crippen LogP contribution in [0, 0.1) is 19.7 Å². The molecule has 0 saturated heterocycles. The number of thiocarbonyl (C=S) groups is 1. The molecule has 2 aromatic carbocycles. The van der Waals surface area contributed by atoms with Crippen molar-refractivity contribution in [2.24, 2.45) is 0 Å². The van der Waals surface area contributed by atoms with E-state index in [0.29, 0.717) is 17.2 Å². The second-order valence-corrected chi connectivity index (χ2v) is 7.58. The Morgan fingerprint density at radius 3 is 2.48 bits per heavy atom. The van der Waals surface area contributed by atoms with E-state index in [1.165, 1.54) is 24.5 Å². The average molecular weight is 411 g/mol. The zero-order chi connectivity index (χ0) is 20.8. The van der Waals surface area contributed by atoms with E-state index >= 15 is 0 Å². The molecule has 152 valence electrons. The van der Waals surface area contributed by atoms with Gasteiger partial charge in [0.15, 0.2) is 5.11 Å². The molecule has 0 amide bonds. The zero-order valence-electron chi connectivity index (χ0n) is 17.1. The van der Waals surface area contributed by atoms with Crippen molar-refractivity contribution < 1.29 is 4.39 Å². The fraction of sp³-hybridized carbons (Fsp3) is 0.304. The Labute approximate surface area is 177 Å². The van der Waals surface area contributed by atoms with Gasteiger partial charge >= 0.3 is 0 Å². The van der Waals surface area contributed by atoms with Gasteiger partial charge in [-0.15, -0.1) is 0 Å². The van der Waals surface area contributed by atoms with E-state index in [0.717, 1.165) is 29.2 Å². The summed E-state index contributed by atoms with van der Waals surface area (Å²) in [7, 11) is 0. The molecule has 0 bridgehead atoms. The second-order valence-electron chi connectivity index (χ2n) is 7.17. The third-order valence-corrected chi connectivity index (χ3v) is 5.13. The number of aromatic nitrogens is 2. The first-order chi connectivity index (χ1) is 14.0. The van der Waals surface area contributed by atoms with Gasteiger partial charge in [0.1, 0.15) is 5.82 Å². The number of halogens is 1. The van der Waals surface area contributed by atoms with E-state index in [1.807, 2.05) is 32.0 Å². The van der Waals surface area contributed by atoms with Gasteiger partial charge in [-0.3, -0.25) is 4.68 Å². The van der Waals surface area contributed by atoms with Gasteiger partial charge in [-0.25, -0.2) is 4.39 Å². The Hall–Kier alpha value is -2.73. The van der Waals surface area contributed by atoms with Gasteiger partial charge in [0.2, 0.25) is 0 Å². The summed E-state index contributed by atoms with van der Waals surface area (Å²) in [5, 5.41) is 11.5. The van der Waals surface area contributed by atoms with Crippen molar-refractivity contribution in [1.82, 2.24) is 9.78 Å². The van der Waals surface area contributed by atoms with Gasteiger partial charge in [-0.05, 0) is 62.7 Å². The molecular weight excluding hydrogens is 383 g/mol. The summed E-state index contributed by atoms with van der Waals surface area (Å²) in [5.74, 6) is -0.228. The predicted octanol–water partition coefficient (Wildman–Crippen LogP) is 5.84. The molecule has 0 aliphatic heterocycles. The van der Waals surface area contributed by atoms with Crippen LogP contribution < -0.4 is 10.6 Å².